The number of morpholine rings is 1. The average Bonchev–Trinajstić information content (AvgIpc) is 2.95. The highest BCUT2D eigenvalue weighted by Crippen LogP contribution is 2.34. The minimum atomic E-state index is -0.553. The fourth-order valence-electron chi connectivity index (χ4n) is 5.19. The van der Waals surface area contributed by atoms with Crippen molar-refractivity contribution >= 4 is 23.5 Å². The highest BCUT2D eigenvalue weighted by atomic mass is 16.5. The van der Waals surface area contributed by atoms with Gasteiger partial charge in [0.2, 0.25) is 0 Å². The standard InChI is InChI=1S/C29H36N2O5/c1-34-26-13-7-6-12-24(26)20-25(23-10-4-2-5-11-23)28(33)36-21-27(32)30-22-29(14-8-3-9-15-29)31-16-18-35-19-17-31/h2,4-7,10-13,20H,3,8-9,14-19,21-22H2,1H3,(H,30,32)/b25-20+. The molecule has 0 bridgehead atoms. The van der Waals surface area contributed by atoms with Gasteiger partial charge in [0.05, 0.1) is 25.9 Å². The Morgan fingerprint density at radius 3 is 2.42 bits per heavy atom. The molecule has 0 unspecified atom stereocenters. The van der Waals surface area contributed by atoms with Crippen LogP contribution in [0.25, 0.3) is 11.6 Å². The molecule has 2 aliphatic rings. The molecule has 7 heteroatoms. The van der Waals surface area contributed by atoms with Crippen LogP contribution in [0.4, 0.5) is 0 Å². The predicted octanol–water partition coefficient (Wildman–Crippen LogP) is 3.93. The number of hydrogen-bond donors (Lipinski definition) is 1. The number of benzene rings is 2. The minimum Gasteiger partial charge on any atom is -0.496 e. The molecule has 7 nitrogen and oxygen atoms in total. The van der Waals surface area contributed by atoms with Crippen LogP contribution >= 0.6 is 0 Å². The number of rotatable bonds is 9. The molecule has 1 N–H and O–H groups in total. The van der Waals surface area contributed by atoms with E-state index in [2.05, 4.69) is 10.2 Å². The summed E-state index contributed by atoms with van der Waals surface area (Å²) in [7, 11) is 1.59. The second-order valence-electron chi connectivity index (χ2n) is 9.40. The Morgan fingerprint density at radius 2 is 1.69 bits per heavy atom. The van der Waals surface area contributed by atoms with Crippen LogP contribution in [0.15, 0.2) is 54.6 Å². The molecule has 1 heterocycles. The van der Waals surface area contributed by atoms with Gasteiger partial charge in [0.25, 0.3) is 5.91 Å². The van der Waals surface area contributed by atoms with Crippen molar-refractivity contribution in [3.05, 3.63) is 65.7 Å². The molecule has 2 aromatic rings. The summed E-state index contributed by atoms with van der Waals surface area (Å²) in [6, 6.07) is 16.8. The van der Waals surface area contributed by atoms with Gasteiger partial charge in [-0.15, -0.1) is 0 Å². The van der Waals surface area contributed by atoms with E-state index in [1.54, 1.807) is 13.2 Å². The molecule has 0 aromatic heterocycles. The van der Waals surface area contributed by atoms with E-state index in [1.807, 2.05) is 54.6 Å². The van der Waals surface area contributed by atoms with Gasteiger partial charge in [-0.25, -0.2) is 4.79 Å². The zero-order chi connectivity index (χ0) is 25.2. The first-order valence-corrected chi connectivity index (χ1v) is 12.8. The van der Waals surface area contributed by atoms with Gasteiger partial charge in [-0.3, -0.25) is 9.69 Å². The van der Waals surface area contributed by atoms with Crippen LogP contribution < -0.4 is 10.1 Å². The van der Waals surface area contributed by atoms with Gasteiger partial charge in [0, 0.05) is 30.7 Å². The summed E-state index contributed by atoms with van der Waals surface area (Å²) >= 11 is 0. The number of nitrogens with zero attached hydrogens (tertiary/aromatic N) is 1. The van der Waals surface area contributed by atoms with Crippen LogP contribution in [-0.4, -0.2) is 68.9 Å². The number of carbonyl (C=O) groups is 2. The van der Waals surface area contributed by atoms with Crippen molar-refractivity contribution < 1.29 is 23.8 Å². The summed E-state index contributed by atoms with van der Waals surface area (Å²) in [6.45, 7) is 3.47. The Hall–Kier alpha value is -3.16. The fourth-order valence-corrected chi connectivity index (χ4v) is 5.19. The van der Waals surface area contributed by atoms with Crippen molar-refractivity contribution in [1.29, 1.82) is 0 Å². The molecule has 2 fully saturated rings. The lowest BCUT2D eigenvalue weighted by Crippen LogP contribution is -2.59. The van der Waals surface area contributed by atoms with Crippen LogP contribution in [0, 0.1) is 0 Å². The molecule has 0 atom stereocenters. The van der Waals surface area contributed by atoms with Gasteiger partial charge >= 0.3 is 5.97 Å². The second kappa shape index (κ2) is 12.7. The molecule has 1 saturated heterocycles. The third-order valence-corrected chi connectivity index (χ3v) is 7.16. The van der Waals surface area contributed by atoms with E-state index >= 15 is 0 Å². The van der Waals surface area contributed by atoms with Crippen LogP contribution in [0.1, 0.15) is 43.2 Å². The van der Waals surface area contributed by atoms with E-state index in [0.717, 1.165) is 57.6 Å². The topological polar surface area (TPSA) is 77.1 Å². The van der Waals surface area contributed by atoms with E-state index in [9.17, 15) is 9.59 Å². The molecule has 1 aliphatic heterocycles. The van der Waals surface area contributed by atoms with Gasteiger partial charge in [-0.2, -0.15) is 0 Å². The molecule has 0 radical (unpaired) electrons. The summed E-state index contributed by atoms with van der Waals surface area (Å²) < 4.78 is 16.5. The summed E-state index contributed by atoms with van der Waals surface area (Å²) in [5, 5.41) is 3.05. The third-order valence-electron chi connectivity index (χ3n) is 7.16. The quantitative estimate of drug-likeness (QED) is 0.325. The minimum absolute atomic E-state index is 0.0410. The van der Waals surface area contributed by atoms with Crippen LogP contribution in [0.2, 0.25) is 0 Å². The number of carbonyl (C=O) groups excluding carboxylic acids is 2. The van der Waals surface area contributed by atoms with Gasteiger partial charge in [0.15, 0.2) is 6.61 Å². The highest BCUT2D eigenvalue weighted by molar-refractivity contribution is 6.22. The summed E-state index contributed by atoms with van der Waals surface area (Å²) in [5.41, 5.74) is 1.79. The molecular formula is C29H36N2O5. The van der Waals surface area contributed by atoms with Crippen LogP contribution in [0.3, 0.4) is 0 Å². The van der Waals surface area contributed by atoms with E-state index in [0.29, 0.717) is 23.4 Å². The first kappa shape index (κ1) is 25.9. The second-order valence-corrected chi connectivity index (χ2v) is 9.40. The van der Waals surface area contributed by atoms with Crippen molar-refractivity contribution in [1.82, 2.24) is 10.2 Å². The monoisotopic (exact) mass is 492 g/mol. The van der Waals surface area contributed by atoms with Gasteiger partial charge in [-0.05, 0) is 30.5 Å². The number of ether oxygens (including phenoxy) is 3. The Labute approximate surface area is 213 Å². The van der Waals surface area contributed by atoms with E-state index < -0.39 is 5.97 Å². The Kier molecular flexibility index (Phi) is 9.14. The maximum Gasteiger partial charge on any atom is 0.339 e. The number of esters is 1. The molecule has 4 rings (SSSR count). The van der Waals surface area contributed by atoms with Crippen molar-refractivity contribution in [2.24, 2.45) is 0 Å². The third kappa shape index (κ3) is 6.53. The van der Waals surface area contributed by atoms with E-state index in [-0.39, 0.29) is 18.1 Å². The smallest absolute Gasteiger partial charge is 0.339 e. The first-order valence-electron chi connectivity index (χ1n) is 12.8. The summed E-state index contributed by atoms with van der Waals surface area (Å²) in [4.78, 5) is 28.4. The number of nitrogens with one attached hydrogen (secondary N) is 1. The largest absolute Gasteiger partial charge is 0.496 e. The predicted molar refractivity (Wildman–Crippen MR) is 139 cm³/mol. The summed E-state index contributed by atoms with van der Waals surface area (Å²) in [6.07, 6.45) is 7.43. The van der Waals surface area contributed by atoms with Crippen molar-refractivity contribution in [3.8, 4) is 5.75 Å². The van der Waals surface area contributed by atoms with Crippen LogP contribution in [0.5, 0.6) is 5.75 Å². The SMILES string of the molecule is COc1ccccc1/C=C(/C(=O)OCC(=O)NCC1(N2CCOCC2)CCCCC1)c1ccccc1. The van der Waals surface area contributed by atoms with Gasteiger partial charge in [0.1, 0.15) is 5.75 Å². The van der Waals surface area contributed by atoms with Crippen molar-refractivity contribution in [3.63, 3.8) is 0 Å². The molecular weight excluding hydrogens is 456 g/mol. The normalized spacial score (nSPS) is 18.3. The summed E-state index contributed by atoms with van der Waals surface area (Å²) in [5.74, 6) is -0.188. The lowest BCUT2D eigenvalue weighted by atomic mass is 9.79. The average molecular weight is 493 g/mol. The van der Waals surface area contributed by atoms with Crippen molar-refractivity contribution in [2.45, 2.75) is 37.6 Å². The lowest BCUT2D eigenvalue weighted by molar-refractivity contribution is -0.143. The molecule has 2 aromatic carbocycles. The first-order chi connectivity index (χ1) is 17.6. The van der Waals surface area contributed by atoms with Gasteiger partial charge in [-0.1, -0.05) is 67.8 Å². The Morgan fingerprint density at radius 1 is 1.00 bits per heavy atom. The number of para-hydroxylation sites is 1. The molecule has 0 spiro atoms. The molecule has 1 saturated carbocycles. The maximum atomic E-state index is 13.1. The Bertz CT molecular complexity index is 1040. The van der Waals surface area contributed by atoms with E-state index in [1.165, 1.54) is 6.42 Å². The molecule has 192 valence electrons. The molecule has 1 aliphatic carbocycles. The maximum absolute atomic E-state index is 13.1. The fraction of sp³-hybridized carbons (Fsp3) is 0.448. The zero-order valence-corrected chi connectivity index (χ0v) is 21.0. The number of methoxy groups -OCH3 is 1. The lowest BCUT2D eigenvalue weighted by Gasteiger charge is -2.48. The molecule has 1 amide bonds. The van der Waals surface area contributed by atoms with E-state index in [4.69, 9.17) is 14.2 Å². The number of amides is 1. The van der Waals surface area contributed by atoms with Gasteiger partial charge < -0.3 is 19.5 Å². The highest BCUT2D eigenvalue weighted by Gasteiger charge is 2.38. The van der Waals surface area contributed by atoms with Crippen molar-refractivity contribution in [2.75, 3.05) is 46.6 Å². The molecule has 36 heavy (non-hydrogen) atoms. The zero-order valence-electron chi connectivity index (χ0n) is 21.0. The number of hydrogen-bond acceptors (Lipinski definition) is 6. The Balaban J connectivity index is 1.41. The van der Waals surface area contributed by atoms with Crippen LogP contribution in [-0.2, 0) is 19.1 Å².